The molecule has 0 fully saturated rings. The predicted octanol–water partition coefficient (Wildman–Crippen LogP) is 3.06. The molecule has 0 aliphatic rings. The van der Waals surface area contributed by atoms with E-state index >= 15 is 0 Å². The number of aromatic amines is 1. The van der Waals surface area contributed by atoms with Crippen molar-refractivity contribution in [1.82, 2.24) is 18.9 Å². The van der Waals surface area contributed by atoms with Gasteiger partial charge in [-0.05, 0) is 36.4 Å². The fraction of sp³-hybridized carbons (Fsp3) is 0.0588. The topological polar surface area (TPSA) is 63.6 Å². The average Bonchev–Trinajstić information content (AvgIpc) is 3.25. The van der Waals surface area contributed by atoms with Crippen LogP contribution in [-0.4, -0.2) is 23.1 Å². The van der Waals surface area contributed by atoms with E-state index in [-0.39, 0.29) is 5.25 Å². The average molecular weight is 322 g/mol. The Hall–Kier alpha value is -2.73. The molecule has 4 aromatic rings. The molecule has 1 N–H and O–H groups in total. The van der Waals surface area contributed by atoms with Crippen LogP contribution in [0.3, 0.4) is 0 Å². The van der Waals surface area contributed by atoms with E-state index in [0.717, 1.165) is 22.4 Å². The zero-order valence-electron chi connectivity index (χ0n) is 12.2. The zero-order chi connectivity index (χ0) is 15.6. The van der Waals surface area contributed by atoms with Crippen LogP contribution in [0.4, 0.5) is 0 Å². The molecule has 2 atom stereocenters. The summed E-state index contributed by atoms with van der Waals surface area (Å²) in [5.41, 5.74) is 3.29. The first kappa shape index (κ1) is 13.9. The second-order valence-electron chi connectivity index (χ2n) is 5.10. The molecule has 3 heterocycles. The van der Waals surface area contributed by atoms with Crippen LogP contribution >= 0.6 is 0 Å². The van der Waals surface area contributed by atoms with E-state index in [1.54, 1.807) is 16.5 Å². The van der Waals surface area contributed by atoms with Crippen molar-refractivity contribution in [3.05, 3.63) is 84.7 Å². The van der Waals surface area contributed by atoms with Crippen LogP contribution in [0.25, 0.3) is 11.0 Å². The van der Waals surface area contributed by atoms with E-state index in [9.17, 15) is 4.21 Å². The second-order valence-corrected chi connectivity index (χ2v) is 6.51. The van der Waals surface area contributed by atoms with Crippen LogP contribution in [0.5, 0.6) is 0 Å². The number of hydrogen-bond donors (Lipinski definition) is 1. The summed E-state index contributed by atoms with van der Waals surface area (Å²) in [5, 5.41) is -0.385. The molecule has 23 heavy (non-hydrogen) atoms. The van der Waals surface area contributed by atoms with Gasteiger partial charge in [-0.3, -0.25) is 4.98 Å². The minimum atomic E-state index is -1.38. The zero-order valence-corrected chi connectivity index (χ0v) is 13.0. The molecular weight excluding hydrogens is 308 g/mol. The quantitative estimate of drug-likeness (QED) is 0.628. The Kier molecular flexibility index (Phi) is 3.51. The molecule has 0 spiro atoms. The van der Waals surface area contributed by atoms with Gasteiger partial charge in [-0.1, -0.05) is 18.2 Å². The van der Waals surface area contributed by atoms with E-state index in [1.165, 1.54) is 0 Å². The van der Waals surface area contributed by atoms with Crippen LogP contribution in [0.15, 0.2) is 73.3 Å². The lowest BCUT2D eigenvalue weighted by atomic mass is 10.2. The monoisotopic (exact) mass is 322 g/mol. The number of nitrogens with one attached hydrogen (secondary N) is 1. The van der Waals surface area contributed by atoms with Gasteiger partial charge in [0.1, 0.15) is 22.6 Å². The lowest BCUT2D eigenvalue weighted by Gasteiger charge is -2.16. The normalized spacial score (nSPS) is 13.9. The molecule has 0 bridgehead atoms. The summed E-state index contributed by atoms with van der Waals surface area (Å²) in [4.78, 5) is 11.9. The molecule has 4 rings (SSSR count). The number of nitrogens with zero attached hydrogens (tertiary/aromatic N) is 3. The number of pyridine rings is 1. The Morgan fingerprint density at radius 1 is 1.00 bits per heavy atom. The van der Waals surface area contributed by atoms with Crippen LogP contribution in [0.2, 0.25) is 0 Å². The number of para-hydroxylation sites is 2. The number of aromatic nitrogens is 4. The maximum Gasteiger partial charge on any atom is 0.140 e. The summed E-state index contributed by atoms with van der Waals surface area (Å²) in [6.45, 7) is 0. The molecule has 0 saturated carbocycles. The molecule has 1 aromatic carbocycles. The standard InChI is InChI=1S/C17H14N4OS/c22-23(21-12-20-13-6-1-2-9-16(13)21)17(15-8-5-11-19-15)14-7-3-4-10-18-14/h1-12,17,19H. The first-order valence-electron chi connectivity index (χ1n) is 7.22. The first-order valence-corrected chi connectivity index (χ1v) is 8.39. The fourth-order valence-electron chi connectivity index (χ4n) is 2.60. The summed E-state index contributed by atoms with van der Waals surface area (Å²) >= 11 is 0. The smallest absolute Gasteiger partial charge is 0.140 e. The van der Waals surface area contributed by atoms with Gasteiger partial charge in [0.2, 0.25) is 0 Å². The molecule has 6 heteroatoms. The number of fused-ring (bicyclic) bond motifs is 1. The molecule has 0 aliphatic carbocycles. The molecule has 2 unspecified atom stereocenters. The Morgan fingerprint density at radius 3 is 2.65 bits per heavy atom. The van der Waals surface area contributed by atoms with E-state index in [0.29, 0.717) is 0 Å². The lowest BCUT2D eigenvalue weighted by Crippen LogP contribution is -2.16. The minimum Gasteiger partial charge on any atom is -0.364 e. The molecule has 0 radical (unpaired) electrons. The highest BCUT2D eigenvalue weighted by Gasteiger charge is 2.26. The maximum atomic E-state index is 13.3. The van der Waals surface area contributed by atoms with Gasteiger partial charge in [0.15, 0.2) is 0 Å². The number of H-pyrrole nitrogens is 1. The van der Waals surface area contributed by atoms with Gasteiger partial charge < -0.3 is 4.98 Å². The Balaban J connectivity index is 1.85. The highest BCUT2D eigenvalue weighted by Crippen LogP contribution is 2.28. The van der Waals surface area contributed by atoms with Gasteiger partial charge in [0.25, 0.3) is 0 Å². The van der Waals surface area contributed by atoms with Crippen molar-refractivity contribution >= 4 is 22.0 Å². The second kappa shape index (κ2) is 5.81. The van der Waals surface area contributed by atoms with Gasteiger partial charge in [0, 0.05) is 18.1 Å². The molecule has 0 amide bonds. The summed E-state index contributed by atoms with van der Waals surface area (Å²) < 4.78 is 15.0. The van der Waals surface area contributed by atoms with E-state index < -0.39 is 11.0 Å². The summed E-state index contributed by atoms with van der Waals surface area (Å²) in [7, 11) is -1.38. The molecule has 5 nitrogen and oxygen atoms in total. The molecule has 114 valence electrons. The highest BCUT2D eigenvalue weighted by molar-refractivity contribution is 7.84. The molecule has 0 aliphatic heterocycles. The summed E-state index contributed by atoms with van der Waals surface area (Å²) in [6, 6.07) is 17.1. The van der Waals surface area contributed by atoms with Crippen molar-refractivity contribution in [2.75, 3.05) is 0 Å². The SMILES string of the molecule is O=S(C(c1ccccn1)c1ccc[nH]1)n1cnc2ccccc21. The molecule has 0 saturated heterocycles. The summed E-state index contributed by atoms with van der Waals surface area (Å²) in [5.74, 6) is 0. The maximum absolute atomic E-state index is 13.3. The van der Waals surface area contributed by atoms with Crippen LogP contribution in [0, 0.1) is 0 Å². The lowest BCUT2D eigenvalue weighted by molar-refractivity contribution is 0.671. The molecular formula is C17H14N4OS. The van der Waals surface area contributed by atoms with Gasteiger partial charge in [-0.25, -0.2) is 13.2 Å². The third-order valence-electron chi connectivity index (χ3n) is 3.68. The Labute approximate surface area is 135 Å². The number of hydrogen-bond acceptors (Lipinski definition) is 3. The largest absolute Gasteiger partial charge is 0.364 e. The Morgan fingerprint density at radius 2 is 1.87 bits per heavy atom. The van der Waals surface area contributed by atoms with Crippen molar-refractivity contribution in [3.8, 4) is 0 Å². The van der Waals surface area contributed by atoms with Gasteiger partial charge in [-0.2, -0.15) is 0 Å². The van der Waals surface area contributed by atoms with Crippen molar-refractivity contribution in [2.45, 2.75) is 5.25 Å². The predicted molar refractivity (Wildman–Crippen MR) is 90.1 cm³/mol. The first-order chi connectivity index (χ1) is 11.3. The van der Waals surface area contributed by atoms with Gasteiger partial charge in [-0.15, -0.1) is 0 Å². The van der Waals surface area contributed by atoms with Crippen molar-refractivity contribution in [1.29, 1.82) is 0 Å². The van der Waals surface area contributed by atoms with E-state index in [2.05, 4.69) is 15.0 Å². The van der Waals surface area contributed by atoms with Crippen LogP contribution in [-0.2, 0) is 11.0 Å². The highest BCUT2D eigenvalue weighted by atomic mass is 32.2. The van der Waals surface area contributed by atoms with Crippen LogP contribution in [0.1, 0.15) is 16.6 Å². The number of rotatable bonds is 4. The number of benzene rings is 1. The van der Waals surface area contributed by atoms with Crippen molar-refractivity contribution < 1.29 is 4.21 Å². The molecule has 3 aromatic heterocycles. The van der Waals surface area contributed by atoms with Crippen molar-refractivity contribution in [2.24, 2.45) is 0 Å². The summed E-state index contributed by atoms with van der Waals surface area (Å²) in [6.07, 6.45) is 5.17. The van der Waals surface area contributed by atoms with E-state index in [1.807, 2.05) is 60.8 Å². The fourth-order valence-corrected chi connectivity index (χ4v) is 4.03. The van der Waals surface area contributed by atoms with Crippen molar-refractivity contribution in [3.63, 3.8) is 0 Å². The van der Waals surface area contributed by atoms with Gasteiger partial charge >= 0.3 is 0 Å². The van der Waals surface area contributed by atoms with E-state index in [4.69, 9.17) is 0 Å². The Bertz CT molecular complexity index is 947. The third kappa shape index (κ3) is 2.47. The minimum absolute atomic E-state index is 0.385. The van der Waals surface area contributed by atoms with Crippen LogP contribution < -0.4 is 0 Å². The number of imidazole rings is 1. The third-order valence-corrected chi connectivity index (χ3v) is 5.25. The van der Waals surface area contributed by atoms with Gasteiger partial charge in [0.05, 0.1) is 16.7 Å².